The summed E-state index contributed by atoms with van der Waals surface area (Å²) < 4.78 is 4.89. The third kappa shape index (κ3) is 2.62. The largest absolute Gasteiger partial charge is 0.461 e. The molecule has 0 saturated carbocycles. The molecule has 0 amide bonds. The minimum Gasteiger partial charge on any atom is -0.461 e. The minimum absolute atomic E-state index is 0.357. The number of benzene rings is 1. The van der Waals surface area contributed by atoms with Crippen LogP contribution < -0.4 is 5.73 Å². The fourth-order valence-electron chi connectivity index (χ4n) is 1.35. The Kier molecular flexibility index (Phi) is 3.39. The molecule has 0 aliphatic carbocycles. The third-order valence-corrected chi connectivity index (χ3v) is 2.98. The molecular weight excluding hydrogens is 236 g/mol. The van der Waals surface area contributed by atoms with Crippen LogP contribution >= 0.6 is 11.3 Å². The molecule has 1 heterocycles. The summed E-state index contributed by atoms with van der Waals surface area (Å²) in [7, 11) is 0. The molecule has 2 N–H and O–H groups in total. The van der Waals surface area contributed by atoms with Gasteiger partial charge >= 0.3 is 5.97 Å². The number of nitrogen functional groups attached to an aromatic ring is 1. The summed E-state index contributed by atoms with van der Waals surface area (Å²) in [5.74, 6) is -0.376. The summed E-state index contributed by atoms with van der Waals surface area (Å²) in [4.78, 5) is 15.7. The van der Waals surface area contributed by atoms with E-state index in [-0.39, 0.29) is 5.97 Å². The molecule has 0 aliphatic rings. The Balaban J connectivity index is 2.23. The van der Waals surface area contributed by atoms with E-state index in [0.717, 1.165) is 11.3 Å². The third-order valence-electron chi connectivity index (χ3n) is 2.16. The maximum atomic E-state index is 11.4. The highest BCUT2D eigenvalue weighted by molar-refractivity contribution is 7.11. The van der Waals surface area contributed by atoms with Crippen molar-refractivity contribution in [2.45, 2.75) is 6.92 Å². The molecule has 0 bridgehead atoms. The lowest BCUT2D eigenvalue weighted by molar-refractivity contribution is 0.0526. The van der Waals surface area contributed by atoms with Crippen LogP contribution in [0.2, 0.25) is 0 Å². The van der Waals surface area contributed by atoms with Gasteiger partial charge in [0.25, 0.3) is 0 Å². The number of carbonyl (C=O) groups is 1. The molecule has 4 nitrogen and oxygen atoms in total. The normalized spacial score (nSPS) is 10.2. The highest BCUT2D eigenvalue weighted by Gasteiger charge is 2.12. The molecule has 0 atom stereocenters. The SMILES string of the molecule is CCOC(=O)c1nc(-c2ccc(N)cc2)cs1. The number of nitrogens with two attached hydrogens (primary N) is 1. The van der Waals surface area contributed by atoms with E-state index in [4.69, 9.17) is 10.5 Å². The van der Waals surface area contributed by atoms with E-state index >= 15 is 0 Å². The zero-order valence-corrected chi connectivity index (χ0v) is 10.2. The van der Waals surface area contributed by atoms with Gasteiger partial charge in [-0.1, -0.05) is 12.1 Å². The van der Waals surface area contributed by atoms with Crippen LogP contribution in [-0.4, -0.2) is 17.6 Å². The lowest BCUT2D eigenvalue weighted by Crippen LogP contribution is -2.03. The van der Waals surface area contributed by atoms with Crippen molar-refractivity contribution in [1.29, 1.82) is 0 Å². The number of ether oxygens (including phenoxy) is 1. The van der Waals surface area contributed by atoms with Crippen LogP contribution in [0.4, 0.5) is 5.69 Å². The van der Waals surface area contributed by atoms with Crippen molar-refractivity contribution in [2.75, 3.05) is 12.3 Å². The zero-order chi connectivity index (χ0) is 12.3. The Hall–Kier alpha value is -1.88. The van der Waals surface area contributed by atoms with Gasteiger partial charge in [0.2, 0.25) is 5.01 Å². The van der Waals surface area contributed by atoms with E-state index in [1.54, 1.807) is 19.1 Å². The van der Waals surface area contributed by atoms with Gasteiger partial charge in [-0.3, -0.25) is 0 Å². The standard InChI is InChI=1S/C12H12N2O2S/c1-2-16-12(15)11-14-10(7-17-11)8-3-5-9(13)6-4-8/h3-7H,2,13H2,1H3. The van der Waals surface area contributed by atoms with Crippen LogP contribution in [0.3, 0.4) is 0 Å². The maximum Gasteiger partial charge on any atom is 0.367 e. The lowest BCUT2D eigenvalue weighted by atomic mass is 10.1. The fourth-order valence-corrected chi connectivity index (χ4v) is 2.07. The molecule has 2 aromatic rings. The highest BCUT2D eigenvalue weighted by atomic mass is 32.1. The molecule has 5 heteroatoms. The number of rotatable bonds is 3. The van der Waals surface area contributed by atoms with E-state index < -0.39 is 0 Å². The Bertz CT molecular complexity index is 520. The first-order valence-corrected chi connectivity index (χ1v) is 6.07. The molecule has 0 fully saturated rings. The van der Waals surface area contributed by atoms with Crippen molar-refractivity contribution in [3.8, 4) is 11.3 Å². The van der Waals surface area contributed by atoms with Gasteiger partial charge in [0.05, 0.1) is 12.3 Å². The molecule has 17 heavy (non-hydrogen) atoms. The van der Waals surface area contributed by atoms with E-state index in [2.05, 4.69) is 4.98 Å². The number of hydrogen-bond acceptors (Lipinski definition) is 5. The fraction of sp³-hybridized carbons (Fsp3) is 0.167. The molecule has 0 unspecified atom stereocenters. The highest BCUT2D eigenvalue weighted by Crippen LogP contribution is 2.23. The van der Waals surface area contributed by atoms with Crippen molar-refractivity contribution in [3.05, 3.63) is 34.7 Å². The van der Waals surface area contributed by atoms with Crippen molar-refractivity contribution in [3.63, 3.8) is 0 Å². The predicted molar refractivity (Wildman–Crippen MR) is 67.9 cm³/mol. The van der Waals surface area contributed by atoms with E-state index in [0.29, 0.717) is 17.3 Å². The van der Waals surface area contributed by atoms with Crippen LogP contribution in [0.1, 0.15) is 16.7 Å². The summed E-state index contributed by atoms with van der Waals surface area (Å²) in [5.41, 5.74) is 8.01. The first kappa shape index (κ1) is 11.6. The van der Waals surface area contributed by atoms with Crippen molar-refractivity contribution >= 4 is 23.0 Å². The smallest absolute Gasteiger partial charge is 0.367 e. The lowest BCUT2D eigenvalue weighted by Gasteiger charge is -1.98. The van der Waals surface area contributed by atoms with Gasteiger partial charge in [0.1, 0.15) is 0 Å². The second-order valence-corrected chi connectivity index (χ2v) is 4.24. The second-order valence-electron chi connectivity index (χ2n) is 3.38. The Morgan fingerprint density at radius 1 is 1.41 bits per heavy atom. The summed E-state index contributed by atoms with van der Waals surface area (Å²) in [6.45, 7) is 2.13. The van der Waals surface area contributed by atoms with Crippen LogP contribution in [0.15, 0.2) is 29.6 Å². The maximum absolute atomic E-state index is 11.4. The molecule has 0 saturated heterocycles. The minimum atomic E-state index is -0.376. The average Bonchev–Trinajstić information content (AvgIpc) is 2.80. The number of nitrogens with zero attached hydrogens (tertiary/aromatic N) is 1. The van der Waals surface area contributed by atoms with Gasteiger partial charge < -0.3 is 10.5 Å². The van der Waals surface area contributed by atoms with Crippen molar-refractivity contribution in [1.82, 2.24) is 4.98 Å². The van der Waals surface area contributed by atoms with Crippen molar-refractivity contribution in [2.24, 2.45) is 0 Å². The molecule has 1 aromatic carbocycles. The summed E-state index contributed by atoms with van der Waals surface area (Å²) in [6.07, 6.45) is 0. The molecule has 0 radical (unpaired) electrons. The Labute approximate surface area is 103 Å². The van der Waals surface area contributed by atoms with Crippen LogP contribution in [0.5, 0.6) is 0 Å². The quantitative estimate of drug-likeness (QED) is 0.669. The summed E-state index contributed by atoms with van der Waals surface area (Å²) >= 11 is 1.28. The number of hydrogen-bond donors (Lipinski definition) is 1. The van der Waals surface area contributed by atoms with Gasteiger partial charge in [0, 0.05) is 16.6 Å². The van der Waals surface area contributed by atoms with Gasteiger partial charge in [-0.05, 0) is 19.1 Å². The first-order chi connectivity index (χ1) is 8.20. The number of carbonyl (C=O) groups excluding carboxylic acids is 1. The monoisotopic (exact) mass is 248 g/mol. The van der Waals surface area contributed by atoms with Crippen molar-refractivity contribution < 1.29 is 9.53 Å². The predicted octanol–water partition coefficient (Wildman–Crippen LogP) is 2.57. The van der Waals surface area contributed by atoms with E-state index in [1.807, 2.05) is 17.5 Å². The van der Waals surface area contributed by atoms with Gasteiger partial charge in [-0.2, -0.15) is 0 Å². The van der Waals surface area contributed by atoms with Crippen LogP contribution in [0, 0.1) is 0 Å². The Morgan fingerprint density at radius 3 is 2.76 bits per heavy atom. The average molecular weight is 248 g/mol. The summed E-state index contributed by atoms with van der Waals surface area (Å²) in [5, 5.41) is 2.20. The van der Waals surface area contributed by atoms with Gasteiger partial charge in [-0.25, -0.2) is 9.78 Å². The molecule has 1 aromatic heterocycles. The first-order valence-electron chi connectivity index (χ1n) is 5.19. The Morgan fingerprint density at radius 2 is 2.12 bits per heavy atom. The number of anilines is 1. The van der Waals surface area contributed by atoms with E-state index in [9.17, 15) is 4.79 Å². The van der Waals surface area contributed by atoms with Gasteiger partial charge in [-0.15, -0.1) is 11.3 Å². The second kappa shape index (κ2) is 4.97. The topological polar surface area (TPSA) is 65.2 Å². The zero-order valence-electron chi connectivity index (χ0n) is 9.34. The number of thiazole rings is 1. The van der Waals surface area contributed by atoms with Gasteiger partial charge in [0.15, 0.2) is 0 Å². The van der Waals surface area contributed by atoms with Crippen LogP contribution in [-0.2, 0) is 4.74 Å². The number of esters is 1. The summed E-state index contributed by atoms with van der Waals surface area (Å²) in [6, 6.07) is 7.36. The molecule has 2 rings (SSSR count). The van der Waals surface area contributed by atoms with E-state index in [1.165, 1.54) is 11.3 Å². The molecule has 88 valence electrons. The number of aromatic nitrogens is 1. The van der Waals surface area contributed by atoms with Crippen LogP contribution in [0.25, 0.3) is 11.3 Å². The molecular formula is C12H12N2O2S. The molecule has 0 spiro atoms. The molecule has 0 aliphatic heterocycles.